The zero-order valence-corrected chi connectivity index (χ0v) is 11.2. The van der Waals surface area contributed by atoms with Crippen molar-refractivity contribution in [1.29, 1.82) is 0 Å². The second kappa shape index (κ2) is 5.98. The molecule has 0 bridgehead atoms. The molecule has 6 heteroatoms. The summed E-state index contributed by atoms with van der Waals surface area (Å²) in [5.41, 5.74) is -0.184. The van der Waals surface area contributed by atoms with Crippen LogP contribution in [0, 0.1) is 11.6 Å². The Hall–Kier alpha value is -1.98. The molecule has 1 N–H and O–H groups in total. The molecule has 1 aliphatic rings. The first-order chi connectivity index (χ1) is 9.54. The third kappa shape index (κ3) is 2.79. The summed E-state index contributed by atoms with van der Waals surface area (Å²) in [6, 6.07) is 2.88. The fourth-order valence-corrected chi connectivity index (χ4v) is 2.31. The van der Waals surface area contributed by atoms with E-state index in [0.29, 0.717) is 12.8 Å². The summed E-state index contributed by atoms with van der Waals surface area (Å²) in [6.45, 7) is 1.53. The fourth-order valence-electron chi connectivity index (χ4n) is 2.31. The molecule has 0 spiro atoms. The standard InChI is InChI=1S/C14H16F2N2O2/c1-2-4-12-14(20)17-7-13(19)18(12)8-9-10(15)5-3-6-11(9)16/h3,5-6,12H,2,4,7-8H2,1H3,(H,17,20). The highest BCUT2D eigenvalue weighted by Crippen LogP contribution is 2.19. The summed E-state index contributed by atoms with van der Waals surface area (Å²) in [7, 11) is 0. The molecular weight excluding hydrogens is 266 g/mol. The van der Waals surface area contributed by atoms with E-state index in [1.54, 1.807) is 0 Å². The Morgan fingerprint density at radius 2 is 1.95 bits per heavy atom. The molecule has 4 nitrogen and oxygen atoms in total. The maximum atomic E-state index is 13.7. The van der Waals surface area contributed by atoms with E-state index in [9.17, 15) is 18.4 Å². The zero-order valence-electron chi connectivity index (χ0n) is 11.2. The maximum Gasteiger partial charge on any atom is 0.243 e. The summed E-state index contributed by atoms with van der Waals surface area (Å²) in [6.07, 6.45) is 1.16. The highest BCUT2D eigenvalue weighted by molar-refractivity contribution is 5.94. The molecule has 2 rings (SSSR count). The van der Waals surface area contributed by atoms with Gasteiger partial charge in [-0.05, 0) is 18.6 Å². The number of hydrogen-bond acceptors (Lipinski definition) is 2. The highest BCUT2D eigenvalue weighted by atomic mass is 19.1. The molecule has 2 amide bonds. The van der Waals surface area contributed by atoms with E-state index in [2.05, 4.69) is 5.32 Å². The molecule has 0 aromatic heterocycles. The van der Waals surface area contributed by atoms with E-state index in [1.165, 1.54) is 11.0 Å². The minimum absolute atomic E-state index is 0.130. The van der Waals surface area contributed by atoms with Gasteiger partial charge in [0.05, 0.1) is 13.1 Å². The van der Waals surface area contributed by atoms with Gasteiger partial charge in [0.15, 0.2) is 0 Å². The second-order valence-corrected chi connectivity index (χ2v) is 4.74. The topological polar surface area (TPSA) is 49.4 Å². The molecule has 1 atom stereocenters. The van der Waals surface area contributed by atoms with Crippen LogP contribution in [0.1, 0.15) is 25.3 Å². The van der Waals surface area contributed by atoms with Crippen molar-refractivity contribution in [2.24, 2.45) is 0 Å². The van der Waals surface area contributed by atoms with Crippen molar-refractivity contribution in [2.75, 3.05) is 6.54 Å². The number of nitrogens with zero attached hydrogens (tertiary/aromatic N) is 1. The lowest BCUT2D eigenvalue weighted by molar-refractivity contribution is -0.146. The zero-order chi connectivity index (χ0) is 14.7. The van der Waals surface area contributed by atoms with Gasteiger partial charge in [-0.3, -0.25) is 9.59 Å². The van der Waals surface area contributed by atoms with Gasteiger partial charge < -0.3 is 10.2 Å². The van der Waals surface area contributed by atoms with Gasteiger partial charge in [0.1, 0.15) is 17.7 Å². The van der Waals surface area contributed by atoms with Gasteiger partial charge in [-0.2, -0.15) is 0 Å². The number of rotatable bonds is 4. The average molecular weight is 282 g/mol. The van der Waals surface area contributed by atoms with Crippen LogP contribution in [-0.4, -0.2) is 29.3 Å². The van der Waals surface area contributed by atoms with Gasteiger partial charge in [-0.25, -0.2) is 8.78 Å². The van der Waals surface area contributed by atoms with Gasteiger partial charge in [-0.15, -0.1) is 0 Å². The molecule has 1 aromatic rings. The van der Waals surface area contributed by atoms with Crippen molar-refractivity contribution >= 4 is 11.8 Å². The van der Waals surface area contributed by atoms with E-state index >= 15 is 0 Å². The van der Waals surface area contributed by atoms with Gasteiger partial charge in [0.25, 0.3) is 0 Å². The lowest BCUT2D eigenvalue weighted by Crippen LogP contribution is -2.57. The molecule has 108 valence electrons. The number of hydrogen-bond donors (Lipinski definition) is 1. The van der Waals surface area contributed by atoms with Crippen molar-refractivity contribution in [3.63, 3.8) is 0 Å². The van der Waals surface area contributed by atoms with E-state index in [-0.39, 0.29) is 30.5 Å². The van der Waals surface area contributed by atoms with Gasteiger partial charge >= 0.3 is 0 Å². The monoisotopic (exact) mass is 282 g/mol. The first kappa shape index (κ1) is 14.4. The second-order valence-electron chi connectivity index (χ2n) is 4.74. The average Bonchev–Trinajstić information content (AvgIpc) is 2.41. The lowest BCUT2D eigenvalue weighted by atomic mass is 10.0. The fraction of sp³-hybridized carbons (Fsp3) is 0.429. The normalized spacial score (nSPS) is 19.1. The largest absolute Gasteiger partial charge is 0.345 e. The molecule has 0 radical (unpaired) electrons. The van der Waals surface area contributed by atoms with Crippen LogP contribution >= 0.6 is 0 Å². The molecule has 1 aromatic carbocycles. The van der Waals surface area contributed by atoms with Crippen LogP contribution in [0.3, 0.4) is 0 Å². The maximum absolute atomic E-state index is 13.7. The summed E-state index contributed by atoms with van der Waals surface area (Å²) in [5.74, 6) is -2.02. The molecule has 1 saturated heterocycles. The Kier molecular flexibility index (Phi) is 4.32. The summed E-state index contributed by atoms with van der Waals surface area (Å²) < 4.78 is 27.3. The number of carbonyl (C=O) groups excluding carboxylic acids is 2. The van der Waals surface area contributed by atoms with E-state index < -0.39 is 17.7 Å². The minimum atomic E-state index is -0.709. The van der Waals surface area contributed by atoms with Crippen LogP contribution in [-0.2, 0) is 16.1 Å². The van der Waals surface area contributed by atoms with Crippen molar-refractivity contribution in [1.82, 2.24) is 10.2 Å². The van der Waals surface area contributed by atoms with Crippen LogP contribution in [0.5, 0.6) is 0 Å². The van der Waals surface area contributed by atoms with Crippen LogP contribution in [0.4, 0.5) is 8.78 Å². The lowest BCUT2D eigenvalue weighted by Gasteiger charge is -2.35. The van der Waals surface area contributed by atoms with Crippen LogP contribution < -0.4 is 5.32 Å². The number of piperazine rings is 1. The van der Waals surface area contributed by atoms with Crippen LogP contribution in [0.25, 0.3) is 0 Å². The van der Waals surface area contributed by atoms with Crippen molar-refractivity contribution in [3.05, 3.63) is 35.4 Å². The summed E-state index contributed by atoms with van der Waals surface area (Å²) >= 11 is 0. The third-order valence-electron chi connectivity index (χ3n) is 3.37. The first-order valence-electron chi connectivity index (χ1n) is 6.54. The molecule has 0 aliphatic carbocycles. The highest BCUT2D eigenvalue weighted by Gasteiger charge is 2.34. The van der Waals surface area contributed by atoms with E-state index in [1.807, 2.05) is 6.92 Å². The molecule has 20 heavy (non-hydrogen) atoms. The molecular formula is C14H16F2N2O2. The molecule has 1 heterocycles. The van der Waals surface area contributed by atoms with Gasteiger partial charge in [0.2, 0.25) is 11.8 Å². The predicted molar refractivity (Wildman–Crippen MR) is 68.6 cm³/mol. The van der Waals surface area contributed by atoms with Gasteiger partial charge in [-0.1, -0.05) is 19.4 Å². The molecule has 0 saturated carbocycles. The Bertz CT molecular complexity index is 514. The number of halogens is 2. The number of amides is 2. The minimum Gasteiger partial charge on any atom is -0.345 e. The first-order valence-corrected chi connectivity index (χ1v) is 6.54. The smallest absolute Gasteiger partial charge is 0.243 e. The Labute approximate surface area is 115 Å². The molecule has 1 unspecified atom stereocenters. The number of carbonyl (C=O) groups is 2. The molecule has 1 aliphatic heterocycles. The summed E-state index contributed by atoms with van der Waals surface area (Å²) in [4.78, 5) is 25.0. The Morgan fingerprint density at radius 1 is 1.30 bits per heavy atom. The number of benzene rings is 1. The van der Waals surface area contributed by atoms with Crippen molar-refractivity contribution < 1.29 is 18.4 Å². The van der Waals surface area contributed by atoms with Crippen LogP contribution in [0.2, 0.25) is 0 Å². The SMILES string of the molecule is CCCC1C(=O)NCC(=O)N1Cc1c(F)cccc1F. The predicted octanol–water partition coefficient (Wildman–Crippen LogP) is 1.59. The van der Waals surface area contributed by atoms with Gasteiger partial charge in [0, 0.05) is 5.56 Å². The molecule has 1 fully saturated rings. The van der Waals surface area contributed by atoms with E-state index in [4.69, 9.17) is 0 Å². The summed E-state index contributed by atoms with van der Waals surface area (Å²) in [5, 5.41) is 2.49. The Morgan fingerprint density at radius 3 is 2.55 bits per heavy atom. The van der Waals surface area contributed by atoms with Crippen molar-refractivity contribution in [3.8, 4) is 0 Å². The van der Waals surface area contributed by atoms with Crippen LogP contribution in [0.15, 0.2) is 18.2 Å². The third-order valence-corrected chi connectivity index (χ3v) is 3.37. The van der Waals surface area contributed by atoms with Crippen molar-refractivity contribution in [2.45, 2.75) is 32.4 Å². The quantitative estimate of drug-likeness (QED) is 0.911. The Balaban J connectivity index is 2.28. The number of nitrogens with one attached hydrogen (secondary N) is 1. The van der Waals surface area contributed by atoms with E-state index in [0.717, 1.165) is 12.1 Å².